The van der Waals surface area contributed by atoms with Crippen LogP contribution in [0.1, 0.15) is 380 Å². The van der Waals surface area contributed by atoms with E-state index in [1.165, 1.54) is 308 Å². The fraction of sp³-hybridized carbons (Fsp3) is 0.913. The number of aliphatic hydroxyl groups is 2. The molecule has 0 aromatic heterocycles. The van der Waals surface area contributed by atoms with Crippen LogP contribution in [0, 0.1) is 0 Å². The predicted octanol–water partition coefficient (Wildman–Crippen LogP) is 21.8. The maximum absolute atomic E-state index is 12.5. The Labute approximate surface area is 469 Å². The van der Waals surface area contributed by atoms with Crippen LogP contribution in [0.2, 0.25) is 0 Å². The number of rotatable bonds is 64. The minimum atomic E-state index is -0.844. The van der Waals surface area contributed by atoms with E-state index >= 15 is 0 Å². The van der Waals surface area contributed by atoms with E-state index in [4.69, 9.17) is 4.74 Å². The van der Waals surface area contributed by atoms with Gasteiger partial charge in [0.1, 0.15) is 0 Å². The third-order valence-corrected chi connectivity index (χ3v) is 16.0. The van der Waals surface area contributed by atoms with E-state index in [1.807, 2.05) is 6.08 Å². The molecule has 0 aliphatic carbocycles. The second-order valence-electron chi connectivity index (χ2n) is 23.5. The Kier molecular flexibility index (Phi) is 63.4. The van der Waals surface area contributed by atoms with Gasteiger partial charge in [0.15, 0.2) is 0 Å². The zero-order chi connectivity index (χ0) is 54.3. The highest BCUT2D eigenvalue weighted by Gasteiger charge is 2.18. The highest BCUT2D eigenvalue weighted by Crippen LogP contribution is 2.18. The molecule has 0 bridgehead atoms. The average Bonchev–Trinajstić information content (AvgIpc) is 3.41. The standard InChI is InChI=1S/C69H133NO5/c1-3-5-7-9-11-13-15-17-19-21-27-31-35-39-43-47-51-55-59-63-69(74)75-64-60-56-52-48-44-40-36-32-29-26-24-22-23-25-28-30-34-38-42-46-50-54-58-62-68(73)70-66(65-71)67(72)61-57-53-49-45-41-37-33-20-18-16-14-12-10-8-6-4-2/h17,19,57,61,66-67,71-72H,3-16,18,20-56,58-60,62-65H2,1-2H3,(H,70,73)/b19-17-,61-57+. The molecule has 444 valence electrons. The van der Waals surface area contributed by atoms with E-state index < -0.39 is 12.1 Å². The number of unbranched alkanes of at least 4 members (excludes halogenated alkanes) is 51. The lowest BCUT2D eigenvalue weighted by Crippen LogP contribution is -2.45. The molecule has 0 aromatic carbocycles. The van der Waals surface area contributed by atoms with Gasteiger partial charge >= 0.3 is 5.97 Å². The topological polar surface area (TPSA) is 95.9 Å². The van der Waals surface area contributed by atoms with Crippen molar-refractivity contribution in [3.05, 3.63) is 24.3 Å². The van der Waals surface area contributed by atoms with Gasteiger partial charge < -0.3 is 20.3 Å². The maximum atomic E-state index is 12.5. The lowest BCUT2D eigenvalue weighted by atomic mass is 10.0. The Balaban J connectivity index is 3.37. The number of hydrogen-bond donors (Lipinski definition) is 3. The molecule has 0 heterocycles. The van der Waals surface area contributed by atoms with Crippen LogP contribution in [0.5, 0.6) is 0 Å². The first-order chi connectivity index (χ1) is 37.0. The van der Waals surface area contributed by atoms with Crippen molar-refractivity contribution in [2.75, 3.05) is 13.2 Å². The Morgan fingerprint density at radius 3 is 0.947 bits per heavy atom. The van der Waals surface area contributed by atoms with Crippen molar-refractivity contribution < 1.29 is 24.5 Å². The summed E-state index contributed by atoms with van der Waals surface area (Å²) >= 11 is 0. The Hall–Kier alpha value is -1.66. The van der Waals surface area contributed by atoms with E-state index in [2.05, 4.69) is 31.3 Å². The molecule has 0 rings (SSSR count). The van der Waals surface area contributed by atoms with Crippen LogP contribution >= 0.6 is 0 Å². The smallest absolute Gasteiger partial charge is 0.305 e. The van der Waals surface area contributed by atoms with Crippen molar-refractivity contribution in [2.24, 2.45) is 0 Å². The molecule has 75 heavy (non-hydrogen) atoms. The number of ether oxygens (including phenoxy) is 1. The summed E-state index contributed by atoms with van der Waals surface area (Å²) < 4.78 is 5.51. The first kappa shape index (κ1) is 73.3. The predicted molar refractivity (Wildman–Crippen MR) is 329 cm³/mol. The van der Waals surface area contributed by atoms with Gasteiger partial charge in [0.05, 0.1) is 25.4 Å². The number of esters is 1. The summed E-state index contributed by atoms with van der Waals surface area (Å²) in [7, 11) is 0. The molecule has 0 radical (unpaired) electrons. The molecule has 2 unspecified atom stereocenters. The van der Waals surface area contributed by atoms with Gasteiger partial charge in [-0.1, -0.05) is 334 Å². The number of hydrogen-bond acceptors (Lipinski definition) is 5. The molecule has 0 fully saturated rings. The minimum absolute atomic E-state index is 0.0142. The third kappa shape index (κ3) is 61.4. The van der Waals surface area contributed by atoms with Crippen LogP contribution in [-0.2, 0) is 14.3 Å². The number of amides is 1. The van der Waals surface area contributed by atoms with Crippen molar-refractivity contribution in [2.45, 2.75) is 392 Å². The van der Waals surface area contributed by atoms with Crippen LogP contribution in [0.15, 0.2) is 24.3 Å². The quantitative estimate of drug-likeness (QED) is 0.0320. The van der Waals surface area contributed by atoms with Crippen LogP contribution < -0.4 is 5.32 Å². The first-order valence-corrected chi connectivity index (χ1v) is 34.1. The molecule has 1 amide bonds. The number of carbonyl (C=O) groups is 2. The molecule has 0 aliphatic rings. The third-order valence-electron chi connectivity index (χ3n) is 16.0. The Morgan fingerprint density at radius 2 is 0.627 bits per heavy atom. The zero-order valence-corrected chi connectivity index (χ0v) is 50.8. The molecule has 6 heteroatoms. The van der Waals surface area contributed by atoms with Crippen molar-refractivity contribution >= 4 is 11.9 Å². The highest BCUT2D eigenvalue weighted by molar-refractivity contribution is 5.76. The highest BCUT2D eigenvalue weighted by atomic mass is 16.5. The van der Waals surface area contributed by atoms with Gasteiger partial charge in [0, 0.05) is 12.8 Å². The van der Waals surface area contributed by atoms with Crippen molar-refractivity contribution in [1.82, 2.24) is 5.32 Å². The largest absolute Gasteiger partial charge is 0.466 e. The van der Waals surface area contributed by atoms with E-state index in [-0.39, 0.29) is 18.5 Å². The van der Waals surface area contributed by atoms with Crippen LogP contribution in [0.4, 0.5) is 0 Å². The van der Waals surface area contributed by atoms with Crippen molar-refractivity contribution in [3.8, 4) is 0 Å². The summed E-state index contributed by atoms with van der Waals surface area (Å²) in [6.07, 6.45) is 81.0. The van der Waals surface area contributed by atoms with Gasteiger partial charge in [-0.05, 0) is 57.8 Å². The number of allylic oxidation sites excluding steroid dienone is 3. The number of carbonyl (C=O) groups excluding carboxylic acids is 2. The van der Waals surface area contributed by atoms with Gasteiger partial charge in [0.25, 0.3) is 0 Å². The SMILES string of the molecule is CCCCCCCC/C=C\CCCCCCCCCCCC(=O)OCCCCCCCCCCCCCCCCCCCCCCCCCC(=O)NC(CO)C(O)/C=C/CCCCCCCCCCCCCCCC. The average molecular weight is 1060 g/mol. The summed E-state index contributed by atoms with van der Waals surface area (Å²) in [6, 6.07) is -0.627. The van der Waals surface area contributed by atoms with Gasteiger partial charge in [0.2, 0.25) is 5.91 Å². The Morgan fingerprint density at radius 1 is 0.360 bits per heavy atom. The van der Waals surface area contributed by atoms with E-state index in [1.54, 1.807) is 6.08 Å². The Bertz CT molecular complexity index is 1170. The van der Waals surface area contributed by atoms with Gasteiger partial charge in [-0.25, -0.2) is 0 Å². The van der Waals surface area contributed by atoms with Crippen molar-refractivity contribution in [1.29, 1.82) is 0 Å². The zero-order valence-electron chi connectivity index (χ0n) is 50.8. The molecular weight excluding hydrogens is 923 g/mol. The second kappa shape index (κ2) is 64.9. The first-order valence-electron chi connectivity index (χ1n) is 34.1. The molecule has 0 saturated carbocycles. The summed E-state index contributed by atoms with van der Waals surface area (Å²) in [5.41, 5.74) is 0. The lowest BCUT2D eigenvalue weighted by molar-refractivity contribution is -0.143. The monoisotopic (exact) mass is 1060 g/mol. The van der Waals surface area contributed by atoms with Gasteiger partial charge in [-0.3, -0.25) is 9.59 Å². The normalized spacial score (nSPS) is 12.6. The van der Waals surface area contributed by atoms with Crippen LogP contribution in [0.3, 0.4) is 0 Å². The molecule has 6 nitrogen and oxygen atoms in total. The van der Waals surface area contributed by atoms with E-state index in [0.29, 0.717) is 19.4 Å². The number of aliphatic hydroxyl groups excluding tert-OH is 2. The number of nitrogens with one attached hydrogen (secondary N) is 1. The summed E-state index contributed by atoms with van der Waals surface area (Å²) in [5, 5.41) is 23.2. The maximum Gasteiger partial charge on any atom is 0.305 e. The lowest BCUT2D eigenvalue weighted by Gasteiger charge is -2.20. The minimum Gasteiger partial charge on any atom is -0.466 e. The molecule has 2 atom stereocenters. The second-order valence-corrected chi connectivity index (χ2v) is 23.5. The molecular formula is C69H133NO5. The molecule has 0 spiro atoms. The molecule has 0 saturated heterocycles. The summed E-state index contributed by atoms with van der Waals surface area (Å²) in [5.74, 6) is -0.0506. The van der Waals surface area contributed by atoms with E-state index in [9.17, 15) is 19.8 Å². The fourth-order valence-electron chi connectivity index (χ4n) is 10.7. The van der Waals surface area contributed by atoms with Crippen molar-refractivity contribution in [3.63, 3.8) is 0 Å². The fourth-order valence-corrected chi connectivity index (χ4v) is 10.7. The van der Waals surface area contributed by atoms with Crippen LogP contribution in [-0.4, -0.2) is 47.4 Å². The molecule has 0 aliphatic heterocycles. The molecule has 3 N–H and O–H groups in total. The summed E-state index contributed by atoms with van der Waals surface area (Å²) in [6.45, 7) is 4.93. The van der Waals surface area contributed by atoms with Crippen LogP contribution in [0.25, 0.3) is 0 Å². The van der Waals surface area contributed by atoms with Gasteiger partial charge in [-0.15, -0.1) is 0 Å². The van der Waals surface area contributed by atoms with E-state index in [0.717, 1.165) is 44.9 Å². The summed E-state index contributed by atoms with van der Waals surface area (Å²) in [4.78, 5) is 24.6. The molecule has 0 aromatic rings. The van der Waals surface area contributed by atoms with Gasteiger partial charge in [-0.2, -0.15) is 0 Å².